The van der Waals surface area contributed by atoms with Gasteiger partial charge in [-0.05, 0) is 48.1 Å². The Morgan fingerprint density at radius 1 is 1.28 bits per heavy atom. The van der Waals surface area contributed by atoms with E-state index in [0.29, 0.717) is 30.2 Å². The molecule has 2 aromatic rings. The zero-order valence-corrected chi connectivity index (χ0v) is 13.4. The van der Waals surface area contributed by atoms with Crippen LogP contribution in [0.5, 0.6) is 11.5 Å². The molecule has 3 aliphatic rings. The van der Waals surface area contributed by atoms with E-state index in [1.165, 1.54) is 5.56 Å². The number of benzene rings is 1. The predicted molar refractivity (Wildman–Crippen MR) is 88.8 cm³/mol. The summed E-state index contributed by atoms with van der Waals surface area (Å²) in [5.41, 5.74) is 3.23. The van der Waals surface area contributed by atoms with Crippen molar-refractivity contribution >= 4 is 17.7 Å². The highest BCUT2D eigenvalue weighted by molar-refractivity contribution is 5.93. The second kappa shape index (κ2) is 5.05. The first-order valence-electron chi connectivity index (χ1n) is 8.43. The molecule has 0 saturated heterocycles. The Bertz CT molecular complexity index is 924. The summed E-state index contributed by atoms with van der Waals surface area (Å²) in [4.78, 5) is 27.0. The molecule has 5 rings (SSSR count). The number of nitrogens with zero attached hydrogens (tertiary/aromatic N) is 1. The van der Waals surface area contributed by atoms with Gasteiger partial charge in [-0.2, -0.15) is 0 Å². The van der Waals surface area contributed by atoms with Crippen LogP contribution in [0.1, 0.15) is 29.0 Å². The molecule has 0 spiro atoms. The van der Waals surface area contributed by atoms with Gasteiger partial charge in [0.15, 0.2) is 0 Å². The molecule has 1 fully saturated rings. The van der Waals surface area contributed by atoms with Crippen LogP contribution in [-0.4, -0.2) is 22.0 Å². The van der Waals surface area contributed by atoms with E-state index in [4.69, 9.17) is 4.74 Å². The Balaban J connectivity index is 1.44. The van der Waals surface area contributed by atoms with Gasteiger partial charge in [0.05, 0.1) is 5.92 Å². The Kier molecular flexibility index (Phi) is 2.92. The number of carboxylic acids is 1. The quantitative estimate of drug-likeness (QED) is 0.900. The van der Waals surface area contributed by atoms with Crippen LogP contribution in [0.2, 0.25) is 0 Å². The number of nitrogens with one attached hydrogen (secondary N) is 1. The summed E-state index contributed by atoms with van der Waals surface area (Å²) in [7, 11) is 0. The second-order valence-electron chi connectivity index (χ2n) is 6.90. The van der Waals surface area contributed by atoms with Crippen molar-refractivity contribution in [1.29, 1.82) is 0 Å². The molecule has 1 saturated carbocycles. The number of hydrogen-bond donors (Lipinski definition) is 2. The molecule has 2 N–H and O–H groups in total. The normalized spacial score (nSPS) is 25.4. The topological polar surface area (TPSA) is 88.5 Å². The first-order chi connectivity index (χ1) is 12.1. The smallest absolute Gasteiger partial charge is 0.307 e. The average molecular weight is 336 g/mol. The summed E-state index contributed by atoms with van der Waals surface area (Å²) in [5, 5.41) is 12.0. The molecule has 1 aromatic heterocycles. The molecule has 0 bridgehead atoms. The van der Waals surface area contributed by atoms with Gasteiger partial charge in [-0.15, -0.1) is 0 Å². The van der Waals surface area contributed by atoms with Gasteiger partial charge in [0.2, 0.25) is 5.91 Å². The van der Waals surface area contributed by atoms with E-state index in [-0.39, 0.29) is 23.7 Å². The number of aliphatic carboxylic acids is 1. The Morgan fingerprint density at radius 3 is 3.00 bits per heavy atom. The number of hydrogen-bond acceptors (Lipinski definition) is 4. The van der Waals surface area contributed by atoms with E-state index >= 15 is 0 Å². The fraction of sp³-hybridized carbons (Fsp3) is 0.316. The van der Waals surface area contributed by atoms with Gasteiger partial charge < -0.3 is 15.2 Å². The molecular weight excluding hydrogens is 320 g/mol. The van der Waals surface area contributed by atoms with Gasteiger partial charge in [0.25, 0.3) is 0 Å². The summed E-state index contributed by atoms with van der Waals surface area (Å²) in [5.74, 6) is 1.33. The molecule has 1 aliphatic heterocycles. The number of carbonyl (C=O) groups is 2. The molecule has 0 radical (unpaired) electrons. The van der Waals surface area contributed by atoms with E-state index < -0.39 is 5.97 Å². The van der Waals surface area contributed by atoms with Crippen LogP contribution in [-0.2, 0) is 22.4 Å². The number of amides is 1. The van der Waals surface area contributed by atoms with Gasteiger partial charge >= 0.3 is 5.97 Å². The third-order valence-corrected chi connectivity index (χ3v) is 5.49. The number of pyridine rings is 1. The van der Waals surface area contributed by atoms with Crippen LogP contribution in [0.3, 0.4) is 0 Å². The first kappa shape index (κ1) is 14.5. The van der Waals surface area contributed by atoms with E-state index in [1.54, 1.807) is 12.3 Å². The maximum absolute atomic E-state index is 11.5. The minimum atomic E-state index is -0.703. The SMILES string of the molecule is O=C1CCc2c(Oc3ccc4c(c3)C3C(C(=O)O)[C@@H]3C4)ccnc2N1. The molecule has 6 nitrogen and oxygen atoms in total. The second-order valence-corrected chi connectivity index (χ2v) is 6.90. The lowest BCUT2D eigenvalue weighted by Gasteiger charge is -2.19. The predicted octanol–water partition coefficient (Wildman–Crippen LogP) is 2.73. The van der Waals surface area contributed by atoms with E-state index in [0.717, 1.165) is 17.5 Å². The number of aromatic nitrogens is 1. The monoisotopic (exact) mass is 336 g/mol. The van der Waals surface area contributed by atoms with Crippen LogP contribution >= 0.6 is 0 Å². The van der Waals surface area contributed by atoms with E-state index in [2.05, 4.69) is 10.3 Å². The van der Waals surface area contributed by atoms with Gasteiger partial charge in [-0.3, -0.25) is 9.59 Å². The largest absolute Gasteiger partial charge is 0.481 e. The fourth-order valence-electron chi connectivity index (χ4n) is 4.25. The van der Waals surface area contributed by atoms with Crippen molar-refractivity contribution < 1.29 is 19.4 Å². The van der Waals surface area contributed by atoms with Crippen LogP contribution in [0, 0.1) is 11.8 Å². The number of fused-ring (bicyclic) bond motifs is 4. The lowest BCUT2D eigenvalue weighted by Crippen LogP contribution is -2.20. The minimum Gasteiger partial charge on any atom is -0.481 e. The van der Waals surface area contributed by atoms with Crippen LogP contribution in [0.4, 0.5) is 5.82 Å². The van der Waals surface area contributed by atoms with Crippen molar-refractivity contribution in [1.82, 2.24) is 4.98 Å². The maximum atomic E-state index is 11.5. The van der Waals surface area contributed by atoms with Crippen molar-refractivity contribution in [2.75, 3.05) is 5.32 Å². The van der Waals surface area contributed by atoms with Crippen molar-refractivity contribution in [3.05, 3.63) is 47.2 Å². The van der Waals surface area contributed by atoms with Crippen molar-refractivity contribution in [2.24, 2.45) is 11.8 Å². The molecule has 6 heteroatoms. The fourth-order valence-corrected chi connectivity index (χ4v) is 4.25. The number of carbonyl (C=O) groups excluding carboxylic acids is 1. The zero-order valence-electron chi connectivity index (χ0n) is 13.4. The third kappa shape index (κ3) is 2.21. The Morgan fingerprint density at radius 2 is 2.16 bits per heavy atom. The summed E-state index contributed by atoms with van der Waals surface area (Å²) < 4.78 is 6.06. The molecule has 2 aliphatic carbocycles. The number of carboxylic acid groups (broad SMARTS) is 1. The molecular formula is C19H16N2O4. The number of rotatable bonds is 3. The third-order valence-electron chi connectivity index (χ3n) is 5.49. The number of anilines is 1. The highest BCUT2D eigenvalue weighted by Crippen LogP contribution is 2.61. The summed E-state index contributed by atoms with van der Waals surface area (Å²) in [6.07, 6.45) is 3.48. The highest BCUT2D eigenvalue weighted by Gasteiger charge is 2.59. The average Bonchev–Trinajstić information content (AvgIpc) is 3.19. The van der Waals surface area contributed by atoms with Crippen LogP contribution in [0.15, 0.2) is 30.5 Å². The maximum Gasteiger partial charge on any atom is 0.307 e. The van der Waals surface area contributed by atoms with Crippen molar-refractivity contribution in [3.8, 4) is 11.5 Å². The number of ether oxygens (including phenoxy) is 1. The first-order valence-corrected chi connectivity index (χ1v) is 8.43. The van der Waals surface area contributed by atoms with Crippen LogP contribution < -0.4 is 10.1 Å². The molecule has 2 unspecified atom stereocenters. The molecule has 1 aromatic carbocycles. The minimum absolute atomic E-state index is 0.0332. The molecule has 126 valence electrons. The standard InChI is InChI=1S/C19H16N2O4/c22-15-4-3-11-14(5-6-20-18(11)21-15)25-10-2-1-9-7-13-16(12(9)8-10)17(13)19(23)24/h1-2,5-6,8,13,16-17H,3-4,7H2,(H,23,24)(H,20,21,22)/t13-,16?,17?/m1/s1. The Hall–Kier alpha value is -2.89. The van der Waals surface area contributed by atoms with Gasteiger partial charge in [0, 0.05) is 24.1 Å². The van der Waals surface area contributed by atoms with Gasteiger partial charge in [0.1, 0.15) is 17.3 Å². The van der Waals surface area contributed by atoms with Gasteiger partial charge in [-0.25, -0.2) is 4.98 Å². The van der Waals surface area contributed by atoms with Gasteiger partial charge in [-0.1, -0.05) is 6.07 Å². The van der Waals surface area contributed by atoms with Crippen molar-refractivity contribution in [2.45, 2.75) is 25.2 Å². The summed E-state index contributed by atoms with van der Waals surface area (Å²) in [6, 6.07) is 7.72. The van der Waals surface area contributed by atoms with Crippen molar-refractivity contribution in [3.63, 3.8) is 0 Å². The Labute approximate surface area is 143 Å². The molecule has 25 heavy (non-hydrogen) atoms. The summed E-state index contributed by atoms with van der Waals surface area (Å²) in [6.45, 7) is 0. The lowest BCUT2D eigenvalue weighted by molar-refractivity contribution is -0.139. The lowest BCUT2D eigenvalue weighted by atomic mass is 10.0. The van der Waals surface area contributed by atoms with Crippen LogP contribution in [0.25, 0.3) is 0 Å². The van der Waals surface area contributed by atoms with E-state index in [1.807, 2.05) is 18.2 Å². The highest BCUT2D eigenvalue weighted by atomic mass is 16.5. The molecule has 1 amide bonds. The summed E-state index contributed by atoms with van der Waals surface area (Å²) >= 11 is 0. The zero-order chi connectivity index (χ0) is 17.1. The van der Waals surface area contributed by atoms with E-state index in [9.17, 15) is 14.7 Å². The molecule has 2 heterocycles. The molecule has 3 atom stereocenters.